The van der Waals surface area contributed by atoms with Gasteiger partial charge in [0.05, 0.1) is 15.9 Å². The number of fused-ring (bicyclic) bond motifs is 5. The van der Waals surface area contributed by atoms with E-state index in [9.17, 15) is 8.78 Å². The number of rotatable bonds is 6. The number of thiazole rings is 1. The second kappa shape index (κ2) is 10.7. The first-order chi connectivity index (χ1) is 20.8. The highest BCUT2D eigenvalue weighted by molar-refractivity contribution is 7.22. The first kappa shape index (κ1) is 27.8. The van der Waals surface area contributed by atoms with Crippen LogP contribution in [0, 0.1) is 11.6 Å². The number of nitrogen functional groups attached to an aromatic ring is 1. The number of alkyl halides is 1. The molecule has 4 fully saturated rings. The zero-order valence-corrected chi connectivity index (χ0v) is 25.1. The molecule has 2 aromatic heterocycles. The molecule has 3 aromatic rings. The summed E-state index contributed by atoms with van der Waals surface area (Å²) in [5, 5.41) is 3.96. The van der Waals surface area contributed by atoms with Gasteiger partial charge in [0.25, 0.3) is 0 Å². The van der Waals surface area contributed by atoms with Gasteiger partial charge in [0.1, 0.15) is 24.1 Å². The number of benzene rings is 1. The van der Waals surface area contributed by atoms with E-state index in [1.54, 1.807) is 0 Å². The fourth-order valence-electron chi connectivity index (χ4n) is 8.35. The van der Waals surface area contributed by atoms with Gasteiger partial charge in [0.15, 0.2) is 10.9 Å². The number of nitrogens with zero attached hydrogens (tertiary/aromatic N) is 5. The molecule has 7 heterocycles. The predicted molar refractivity (Wildman–Crippen MR) is 161 cm³/mol. The summed E-state index contributed by atoms with van der Waals surface area (Å²) in [6.07, 6.45) is 5.85. The van der Waals surface area contributed by atoms with Crippen molar-refractivity contribution in [3.63, 3.8) is 0 Å². The largest absolute Gasteiger partial charge is 0.476 e. The molecular weight excluding hydrogens is 575 g/mol. The highest BCUT2D eigenvalue weighted by atomic mass is 32.1. The lowest BCUT2D eigenvalue weighted by Crippen LogP contribution is -2.51. The Kier molecular flexibility index (Phi) is 6.96. The summed E-state index contributed by atoms with van der Waals surface area (Å²) in [6.45, 7) is 5.31. The molecule has 8 nitrogen and oxygen atoms in total. The Labute approximate surface area is 253 Å². The van der Waals surface area contributed by atoms with Crippen molar-refractivity contribution in [3.8, 4) is 5.88 Å². The molecule has 0 aliphatic carbocycles. The molecule has 12 heteroatoms. The molecule has 8 rings (SSSR count). The summed E-state index contributed by atoms with van der Waals surface area (Å²) in [7, 11) is 0. The van der Waals surface area contributed by atoms with Crippen LogP contribution in [0.5, 0.6) is 5.88 Å². The molecule has 1 aromatic carbocycles. The average molecular weight is 614 g/mol. The molecule has 230 valence electrons. The molecule has 5 aliphatic heterocycles. The van der Waals surface area contributed by atoms with Gasteiger partial charge in [0, 0.05) is 74.6 Å². The number of hydrogen-bond acceptors (Lipinski definition) is 9. The number of ether oxygens (including phenoxy) is 1. The van der Waals surface area contributed by atoms with Gasteiger partial charge in [-0.25, -0.2) is 23.1 Å². The van der Waals surface area contributed by atoms with E-state index in [1.807, 2.05) is 0 Å². The van der Waals surface area contributed by atoms with Gasteiger partial charge in [-0.05, 0) is 57.2 Å². The van der Waals surface area contributed by atoms with E-state index in [0.29, 0.717) is 60.9 Å². The van der Waals surface area contributed by atoms with E-state index in [2.05, 4.69) is 31.1 Å². The first-order valence-electron chi connectivity index (χ1n) is 15.6. The summed E-state index contributed by atoms with van der Waals surface area (Å²) in [4.78, 5) is 16.1. The summed E-state index contributed by atoms with van der Waals surface area (Å²) in [5.74, 6) is -0.691. The monoisotopic (exact) mass is 613 g/mol. The van der Waals surface area contributed by atoms with Crippen LogP contribution in [-0.4, -0.2) is 82.9 Å². The van der Waals surface area contributed by atoms with Crippen molar-refractivity contribution in [1.29, 1.82) is 0 Å². The van der Waals surface area contributed by atoms with Crippen LogP contribution in [0.3, 0.4) is 0 Å². The zero-order chi connectivity index (χ0) is 29.3. The summed E-state index contributed by atoms with van der Waals surface area (Å²) in [5.41, 5.74) is 9.53. The maximum atomic E-state index is 15.2. The van der Waals surface area contributed by atoms with E-state index in [0.717, 1.165) is 75.0 Å². The third-order valence-corrected chi connectivity index (χ3v) is 11.3. The van der Waals surface area contributed by atoms with Crippen molar-refractivity contribution < 1.29 is 17.9 Å². The number of piperazine rings is 1. The van der Waals surface area contributed by atoms with Crippen LogP contribution in [0.2, 0.25) is 0 Å². The number of aromatic nitrogens is 2. The second-order valence-electron chi connectivity index (χ2n) is 13.2. The molecule has 3 unspecified atom stereocenters. The number of hydrogen-bond donors (Lipinski definition) is 2. The van der Waals surface area contributed by atoms with E-state index < -0.39 is 17.8 Å². The van der Waals surface area contributed by atoms with E-state index >= 15 is 4.39 Å². The maximum Gasteiger partial charge on any atom is 0.215 e. The number of pyridine rings is 1. The fourth-order valence-corrected chi connectivity index (χ4v) is 9.22. The van der Waals surface area contributed by atoms with Crippen LogP contribution in [0.25, 0.3) is 10.2 Å². The second-order valence-corrected chi connectivity index (χ2v) is 14.2. The molecule has 0 radical (unpaired) electrons. The zero-order valence-electron chi connectivity index (χ0n) is 24.3. The Hall–Kier alpha value is -2.67. The highest BCUT2D eigenvalue weighted by Crippen LogP contribution is 2.41. The third-order valence-electron chi connectivity index (χ3n) is 10.3. The Balaban J connectivity index is 1.12. The molecule has 4 saturated heterocycles. The van der Waals surface area contributed by atoms with E-state index in [4.69, 9.17) is 15.5 Å². The van der Waals surface area contributed by atoms with Crippen molar-refractivity contribution in [1.82, 2.24) is 25.1 Å². The van der Waals surface area contributed by atoms with Crippen LogP contribution in [0.4, 0.5) is 24.0 Å². The van der Waals surface area contributed by atoms with Gasteiger partial charge in [-0.2, -0.15) is 0 Å². The van der Waals surface area contributed by atoms with Crippen molar-refractivity contribution in [3.05, 3.63) is 40.6 Å². The fraction of sp³-hybridized carbons (Fsp3) is 0.613. The standard InChI is InChI=1S/C31H38F3N7OS/c32-18-11-31(6-2-8-41(31)12-18)17-42-27-10-26(40-13-19-4-5-20(14-40)36-19)21-3-1-7-39(16-25(21)37-27)15-22-23(33)9-24(34)28-29(22)43-30(35)38-28/h9-10,18-20,36H,1-8,11-17H2,(H2,35,38)/t18-,19?,20?,31?/m1/s1. The van der Waals surface area contributed by atoms with Gasteiger partial charge in [-0.15, -0.1) is 0 Å². The quantitative estimate of drug-likeness (QED) is 0.424. The molecule has 0 spiro atoms. The van der Waals surface area contributed by atoms with Gasteiger partial charge < -0.3 is 20.7 Å². The normalized spacial score (nSPS) is 29.3. The SMILES string of the molecule is Nc1nc2c(F)cc(F)c(CN3CCCc4c(N5CC6CCC(C5)N6)cc(OCC56CCCN5C[C@H](F)C6)nc4C3)c2s1. The van der Waals surface area contributed by atoms with Gasteiger partial charge in [-0.1, -0.05) is 11.3 Å². The summed E-state index contributed by atoms with van der Waals surface area (Å²) in [6, 6.07) is 3.99. The number of halogens is 3. The van der Waals surface area contributed by atoms with Crippen LogP contribution >= 0.6 is 11.3 Å². The molecule has 4 atom stereocenters. The van der Waals surface area contributed by atoms with Gasteiger partial charge in [-0.3, -0.25) is 9.80 Å². The molecule has 5 aliphatic rings. The Morgan fingerprint density at radius 2 is 1.91 bits per heavy atom. The summed E-state index contributed by atoms with van der Waals surface area (Å²) < 4.78 is 51.1. The third kappa shape index (κ3) is 5.04. The van der Waals surface area contributed by atoms with Crippen molar-refractivity contribution >= 4 is 32.4 Å². The van der Waals surface area contributed by atoms with Crippen LogP contribution in [-0.2, 0) is 19.5 Å². The van der Waals surface area contributed by atoms with Crippen LogP contribution < -0.4 is 20.7 Å². The van der Waals surface area contributed by atoms with Crippen LogP contribution in [0.15, 0.2) is 12.1 Å². The highest BCUT2D eigenvalue weighted by Gasteiger charge is 2.49. The van der Waals surface area contributed by atoms with Crippen LogP contribution in [0.1, 0.15) is 55.3 Å². The summed E-state index contributed by atoms with van der Waals surface area (Å²) >= 11 is 1.12. The lowest BCUT2D eigenvalue weighted by Gasteiger charge is -2.36. The number of nitrogens with one attached hydrogen (secondary N) is 1. The lowest BCUT2D eigenvalue weighted by molar-refractivity contribution is 0.110. The minimum Gasteiger partial charge on any atom is -0.476 e. The number of anilines is 2. The Bertz CT molecular complexity index is 1540. The van der Waals surface area contributed by atoms with Crippen molar-refractivity contribution in [2.24, 2.45) is 0 Å². The molecule has 0 saturated carbocycles. The minimum atomic E-state index is -0.809. The smallest absolute Gasteiger partial charge is 0.215 e. The van der Waals surface area contributed by atoms with Gasteiger partial charge >= 0.3 is 0 Å². The first-order valence-corrected chi connectivity index (χ1v) is 16.5. The van der Waals surface area contributed by atoms with Gasteiger partial charge in [0.2, 0.25) is 5.88 Å². The molecule has 2 bridgehead atoms. The molecule has 0 amide bonds. The van der Waals surface area contributed by atoms with Crippen molar-refractivity contribution in [2.45, 2.75) is 81.8 Å². The minimum absolute atomic E-state index is 0.126. The predicted octanol–water partition coefficient (Wildman–Crippen LogP) is 4.40. The Morgan fingerprint density at radius 1 is 1.07 bits per heavy atom. The van der Waals surface area contributed by atoms with E-state index in [1.165, 1.54) is 24.1 Å². The van der Waals surface area contributed by atoms with Crippen molar-refractivity contribution in [2.75, 3.05) is 50.0 Å². The lowest BCUT2D eigenvalue weighted by atomic mass is 9.95. The average Bonchev–Trinajstić information content (AvgIpc) is 3.68. The maximum absolute atomic E-state index is 15.2. The Morgan fingerprint density at radius 3 is 2.74 bits per heavy atom. The number of nitrogens with two attached hydrogens (primary N) is 1. The molecular formula is C31H38F3N7OS. The topological polar surface area (TPSA) is 82.8 Å². The van der Waals surface area contributed by atoms with E-state index in [-0.39, 0.29) is 16.2 Å². The molecule has 3 N–H and O–H groups in total. The molecule has 43 heavy (non-hydrogen) atoms.